The van der Waals surface area contributed by atoms with Gasteiger partial charge in [-0.1, -0.05) is 0 Å². The molecule has 0 spiro atoms. The number of amides is 1. The summed E-state index contributed by atoms with van der Waals surface area (Å²) in [4.78, 5) is 12.8. The summed E-state index contributed by atoms with van der Waals surface area (Å²) in [5.41, 5.74) is 0. The molecule has 0 aliphatic rings. The maximum atomic E-state index is 11.3. The molecule has 7 nitrogen and oxygen atoms in total. The molecule has 2 N–H and O–H groups in total. The Kier molecular flexibility index (Phi) is 14.1. The van der Waals surface area contributed by atoms with Gasteiger partial charge in [0.2, 0.25) is 5.91 Å². The van der Waals surface area contributed by atoms with Gasteiger partial charge in [0, 0.05) is 33.6 Å². The molecule has 0 saturated carbocycles. The van der Waals surface area contributed by atoms with Gasteiger partial charge in [-0.15, -0.1) is 0 Å². The van der Waals surface area contributed by atoms with Gasteiger partial charge in [-0.2, -0.15) is 0 Å². The van der Waals surface area contributed by atoms with E-state index in [0.717, 1.165) is 6.54 Å². The highest BCUT2D eigenvalue weighted by Gasteiger charge is 2.01. The molecule has 0 radical (unpaired) electrons. The third kappa shape index (κ3) is 13.7. The number of nitrogens with zero attached hydrogens (tertiary/aromatic N) is 1. The molecule has 0 aromatic heterocycles. The average molecular weight is 292 g/mol. The van der Waals surface area contributed by atoms with Gasteiger partial charge in [0.05, 0.1) is 46.2 Å². The van der Waals surface area contributed by atoms with Crippen LogP contribution in [0.1, 0.15) is 6.42 Å². The van der Waals surface area contributed by atoms with Crippen LogP contribution in [0.25, 0.3) is 0 Å². The fourth-order valence-corrected chi connectivity index (χ4v) is 1.29. The second-order valence-corrected chi connectivity index (χ2v) is 4.35. The zero-order valence-corrected chi connectivity index (χ0v) is 12.6. The highest BCUT2D eigenvalue weighted by Crippen LogP contribution is 1.85. The first-order valence-electron chi connectivity index (χ1n) is 6.93. The zero-order valence-electron chi connectivity index (χ0n) is 12.6. The van der Waals surface area contributed by atoms with Crippen molar-refractivity contribution in [3.63, 3.8) is 0 Å². The Morgan fingerprint density at radius 2 is 1.50 bits per heavy atom. The van der Waals surface area contributed by atoms with E-state index in [1.807, 2.05) is 0 Å². The van der Waals surface area contributed by atoms with Crippen LogP contribution < -0.4 is 5.32 Å². The van der Waals surface area contributed by atoms with Crippen LogP contribution in [0.4, 0.5) is 0 Å². The molecular formula is C13H28N2O5. The van der Waals surface area contributed by atoms with Crippen LogP contribution in [-0.2, 0) is 19.0 Å². The standard InChI is InChI=1S/C13H28N2O5/c1-15(2)13(17)3-4-14-5-7-18-9-11-20-12-10-19-8-6-16/h14,16H,3-12H2,1-2H3. The molecule has 0 aromatic rings. The first kappa shape index (κ1) is 19.3. The van der Waals surface area contributed by atoms with Gasteiger partial charge in [-0.25, -0.2) is 0 Å². The van der Waals surface area contributed by atoms with E-state index in [2.05, 4.69) is 5.32 Å². The molecule has 0 unspecified atom stereocenters. The Balaban J connectivity index is 3.04. The molecule has 0 aliphatic carbocycles. The van der Waals surface area contributed by atoms with E-state index in [4.69, 9.17) is 19.3 Å². The quantitative estimate of drug-likeness (QED) is 0.404. The summed E-state index contributed by atoms with van der Waals surface area (Å²) in [6, 6.07) is 0. The molecule has 0 rings (SSSR count). The first-order chi connectivity index (χ1) is 9.68. The summed E-state index contributed by atoms with van der Waals surface area (Å²) >= 11 is 0. The highest BCUT2D eigenvalue weighted by molar-refractivity contribution is 5.75. The second kappa shape index (κ2) is 14.7. The Bertz CT molecular complexity index is 227. The molecule has 0 saturated heterocycles. The van der Waals surface area contributed by atoms with Gasteiger partial charge >= 0.3 is 0 Å². The third-order valence-corrected chi connectivity index (χ3v) is 2.42. The van der Waals surface area contributed by atoms with Crippen molar-refractivity contribution in [3.05, 3.63) is 0 Å². The normalized spacial score (nSPS) is 10.8. The van der Waals surface area contributed by atoms with E-state index in [0.29, 0.717) is 52.6 Å². The van der Waals surface area contributed by atoms with Gasteiger partial charge in [-0.05, 0) is 0 Å². The molecule has 0 aromatic carbocycles. The van der Waals surface area contributed by atoms with E-state index >= 15 is 0 Å². The Morgan fingerprint density at radius 3 is 2.05 bits per heavy atom. The summed E-state index contributed by atoms with van der Waals surface area (Å²) < 4.78 is 15.6. The van der Waals surface area contributed by atoms with Crippen molar-refractivity contribution in [2.45, 2.75) is 6.42 Å². The first-order valence-corrected chi connectivity index (χ1v) is 6.93. The number of hydrogen-bond acceptors (Lipinski definition) is 6. The van der Waals surface area contributed by atoms with Crippen molar-refractivity contribution in [1.82, 2.24) is 10.2 Å². The number of hydrogen-bond donors (Lipinski definition) is 2. The molecule has 0 aliphatic heterocycles. The monoisotopic (exact) mass is 292 g/mol. The summed E-state index contributed by atoms with van der Waals surface area (Å²) in [7, 11) is 3.50. The van der Waals surface area contributed by atoms with Crippen molar-refractivity contribution in [1.29, 1.82) is 0 Å². The molecule has 0 fully saturated rings. The number of nitrogens with one attached hydrogen (secondary N) is 1. The molecule has 1 amide bonds. The van der Waals surface area contributed by atoms with Gasteiger partial charge in [-0.3, -0.25) is 4.79 Å². The fourth-order valence-electron chi connectivity index (χ4n) is 1.29. The van der Waals surface area contributed by atoms with Crippen LogP contribution in [0.15, 0.2) is 0 Å². The topological polar surface area (TPSA) is 80.3 Å². The van der Waals surface area contributed by atoms with Gasteiger partial charge in [0.15, 0.2) is 0 Å². The SMILES string of the molecule is CN(C)C(=O)CCNCCOCCOCCOCCO. The van der Waals surface area contributed by atoms with E-state index < -0.39 is 0 Å². The molecular weight excluding hydrogens is 264 g/mol. The fraction of sp³-hybridized carbons (Fsp3) is 0.923. The third-order valence-electron chi connectivity index (χ3n) is 2.42. The molecule has 0 heterocycles. The van der Waals surface area contributed by atoms with Crippen molar-refractivity contribution < 1.29 is 24.1 Å². The number of aliphatic hydroxyl groups excluding tert-OH is 1. The lowest BCUT2D eigenvalue weighted by molar-refractivity contribution is -0.128. The smallest absolute Gasteiger partial charge is 0.223 e. The van der Waals surface area contributed by atoms with Crippen LogP contribution in [0, 0.1) is 0 Å². The Labute approximate surface area is 121 Å². The zero-order chi connectivity index (χ0) is 15.1. The lowest BCUT2D eigenvalue weighted by atomic mass is 10.4. The predicted octanol–water partition coefficient (Wildman–Crippen LogP) is -0.904. The van der Waals surface area contributed by atoms with E-state index in [1.165, 1.54) is 0 Å². The summed E-state index contributed by atoms with van der Waals surface area (Å²) in [5, 5.41) is 11.6. The molecule has 0 bridgehead atoms. The minimum atomic E-state index is 0.0379. The van der Waals surface area contributed by atoms with Crippen LogP contribution in [0.3, 0.4) is 0 Å². The Morgan fingerprint density at radius 1 is 0.950 bits per heavy atom. The summed E-state index contributed by atoms with van der Waals surface area (Å²) in [6.07, 6.45) is 0.504. The van der Waals surface area contributed by atoms with Crippen LogP contribution >= 0.6 is 0 Å². The van der Waals surface area contributed by atoms with E-state index in [-0.39, 0.29) is 12.5 Å². The number of aliphatic hydroxyl groups is 1. The van der Waals surface area contributed by atoms with Crippen molar-refractivity contribution in [3.8, 4) is 0 Å². The number of rotatable bonds is 14. The predicted molar refractivity (Wildman–Crippen MR) is 75.7 cm³/mol. The minimum Gasteiger partial charge on any atom is -0.394 e. The molecule has 120 valence electrons. The largest absolute Gasteiger partial charge is 0.394 e. The second-order valence-electron chi connectivity index (χ2n) is 4.35. The minimum absolute atomic E-state index is 0.0379. The van der Waals surface area contributed by atoms with Gasteiger partial charge < -0.3 is 29.5 Å². The average Bonchev–Trinajstić information content (AvgIpc) is 2.43. The lowest BCUT2D eigenvalue weighted by Gasteiger charge is -2.10. The Hall–Kier alpha value is -0.730. The maximum absolute atomic E-state index is 11.3. The van der Waals surface area contributed by atoms with Crippen molar-refractivity contribution >= 4 is 5.91 Å². The lowest BCUT2D eigenvalue weighted by Crippen LogP contribution is -2.28. The van der Waals surface area contributed by atoms with Crippen molar-refractivity contribution in [2.75, 3.05) is 73.4 Å². The summed E-state index contributed by atoms with van der Waals surface area (Å²) in [6.45, 7) is 4.44. The van der Waals surface area contributed by atoms with Crippen molar-refractivity contribution in [2.24, 2.45) is 0 Å². The van der Waals surface area contributed by atoms with E-state index in [1.54, 1.807) is 19.0 Å². The molecule has 7 heteroatoms. The number of carbonyl (C=O) groups excluding carboxylic acids is 1. The van der Waals surface area contributed by atoms with Crippen LogP contribution in [0.5, 0.6) is 0 Å². The van der Waals surface area contributed by atoms with Crippen LogP contribution in [0.2, 0.25) is 0 Å². The number of ether oxygens (including phenoxy) is 3. The highest BCUT2D eigenvalue weighted by atomic mass is 16.5. The van der Waals surface area contributed by atoms with Gasteiger partial charge in [0.1, 0.15) is 0 Å². The maximum Gasteiger partial charge on any atom is 0.223 e. The number of carbonyl (C=O) groups is 1. The van der Waals surface area contributed by atoms with Crippen LogP contribution in [-0.4, -0.2) is 89.3 Å². The summed E-state index contributed by atoms with van der Waals surface area (Å²) in [5.74, 6) is 0.121. The molecule has 0 atom stereocenters. The van der Waals surface area contributed by atoms with E-state index in [9.17, 15) is 4.79 Å². The van der Waals surface area contributed by atoms with Gasteiger partial charge in [0.25, 0.3) is 0 Å². The molecule has 20 heavy (non-hydrogen) atoms.